The first-order valence-corrected chi connectivity index (χ1v) is 6.85. The van der Waals surface area contributed by atoms with Gasteiger partial charge in [0.25, 0.3) is 0 Å². The fraction of sp³-hybridized carbons (Fsp3) is 0.333. The smallest absolute Gasteiger partial charge is 0.161 e. The third kappa shape index (κ3) is 2.38. The molecule has 0 atom stereocenters. The Hall–Kier alpha value is -2.34. The van der Waals surface area contributed by atoms with Crippen LogP contribution in [-0.4, -0.2) is 24.2 Å². The lowest BCUT2D eigenvalue weighted by molar-refractivity contribution is 0.355. The van der Waals surface area contributed by atoms with E-state index in [0.29, 0.717) is 23.1 Å². The molecule has 0 fully saturated rings. The number of nitrogens with one attached hydrogen (secondary N) is 1. The zero-order chi connectivity index (χ0) is 14.8. The minimum absolute atomic E-state index is 0.643. The molecule has 0 saturated heterocycles. The van der Waals surface area contributed by atoms with Crippen LogP contribution < -0.4 is 20.7 Å². The second-order valence-corrected chi connectivity index (χ2v) is 4.89. The fourth-order valence-electron chi connectivity index (χ4n) is 2.66. The third-order valence-corrected chi connectivity index (χ3v) is 3.71. The Balaban J connectivity index is 2.08. The van der Waals surface area contributed by atoms with E-state index in [0.717, 1.165) is 36.1 Å². The van der Waals surface area contributed by atoms with Gasteiger partial charge in [-0.25, -0.2) is 15.8 Å². The van der Waals surface area contributed by atoms with E-state index in [2.05, 4.69) is 15.4 Å². The summed E-state index contributed by atoms with van der Waals surface area (Å²) in [4.78, 5) is 9.18. The summed E-state index contributed by atoms with van der Waals surface area (Å²) >= 11 is 0. The topological polar surface area (TPSA) is 82.3 Å². The predicted octanol–water partition coefficient (Wildman–Crippen LogP) is 1.94. The van der Waals surface area contributed by atoms with Gasteiger partial charge in [0.15, 0.2) is 17.3 Å². The van der Waals surface area contributed by atoms with Gasteiger partial charge >= 0.3 is 0 Å². The normalized spacial score (nSPS) is 12.9. The van der Waals surface area contributed by atoms with Crippen LogP contribution in [0.2, 0.25) is 0 Å². The van der Waals surface area contributed by atoms with Gasteiger partial charge in [-0.15, -0.1) is 0 Å². The Labute approximate surface area is 123 Å². The zero-order valence-electron chi connectivity index (χ0n) is 12.1. The van der Waals surface area contributed by atoms with Gasteiger partial charge in [0.2, 0.25) is 0 Å². The lowest BCUT2D eigenvalue weighted by Gasteiger charge is -2.11. The van der Waals surface area contributed by atoms with Crippen LogP contribution in [-0.2, 0) is 12.8 Å². The van der Waals surface area contributed by atoms with E-state index < -0.39 is 0 Å². The van der Waals surface area contributed by atoms with Crippen molar-refractivity contribution in [2.24, 2.45) is 5.84 Å². The van der Waals surface area contributed by atoms with Crippen molar-refractivity contribution >= 4 is 5.82 Å². The molecule has 21 heavy (non-hydrogen) atoms. The van der Waals surface area contributed by atoms with E-state index in [1.165, 1.54) is 0 Å². The van der Waals surface area contributed by atoms with Gasteiger partial charge in [-0.05, 0) is 37.5 Å². The van der Waals surface area contributed by atoms with Gasteiger partial charge in [0, 0.05) is 16.8 Å². The highest BCUT2D eigenvalue weighted by molar-refractivity contribution is 5.64. The molecule has 0 unspecified atom stereocenters. The molecule has 0 amide bonds. The van der Waals surface area contributed by atoms with Crippen molar-refractivity contribution in [2.45, 2.75) is 19.3 Å². The molecule has 1 aromatic carbocycles. The number of nitrogens with two attached hydrogens (primary N) is 1. The van der Waals surface area contributed by atoms with Crippen LogP contribution in [0.25, 0.3) is 11.4 Å². The molecule has 6 nitrogen and oxygen atoms in total. The van der Waals surface area contributed by atoms with E-state index in [-0.39, 0.29) is 0 Å². The number of rotatable bonds is 4. The Kier molecular flexibility index (Phi) is 3.62. The minimum atomic E-state index is 0.643. The van der Waals surface area contributed by atoms with E-state index in [1.54, 1.807) is 14.2 Å². The molecular formula is C15H18N4O2. The first-order valence-electron chi connectivity index (χ1n) is 6.85. The molecule has 0 spiro atoms. The standard InChI is InChI=1S/C15H18N4O2/c1-20-12-7-6-9(8-13(12)21-2)14-17-11-5-3-4-10(11)15(18-14)19-16/h6-8H,3-5,16H2,1-2H3,(H,17,18,19). The molecule has 6 heteroatoms. The lowest BCUT2D eigenvalue weighted by Crippen LogP contribution is -2.12. The summed E-state index contributed by atoms with van der Waals surface area (Å²) in [6.45, 7) is 0. The van der Waals surface area contributed by atoms with Crippen LogP contribution in [0.3, 0.4) is 0 Å². The number of methoxy groups -OCH3 is 2. The molecule has 2 aromatic rings. The van der Waals surface area contributed by atoms with Crippen molar-refractivity contribution < 1.29 is 9.47 Å². The number of ether oxygens (including phenoxy) is 2. The maximum Gasteiger partial charge on any atom is 0.161 e. The Morgan fingerprint density at radius 1 is 1.10 bits per heavy atom. The van der Waals surface area contributed by atoms with Gasteiger partial charge in [-0.1, -0.05) is 0 Å². The monoisotopic (exact) mass is 286 g/mol. The van der Waals surface area contributed by atoms with Crippen molar-refractivity contribution in [2.75, 3.05) is 19.6 Å². The maximum atomic E-state index is 5.59. The summed E-state index contributed by atoms with van der Waals surface area (Å²) in [6.07, 6.45) is 3.03. The lowest BCUT2D eigenvalue weighted by atomic mass is 10.1. The van der Waals surface area contributed by atoms with Crippen LogP contribution in [0.15, 0.2) is 18.2 Å². The van der Waals surface area contributed by atoms with Gasteiger partial charge in [-0.2, -0.15) is 0 Å². The van der Waals surface area contributed by atoms with Crippen LogP contribution in [0.5, 0.6) is 11.5 Å². The highest BCUT2D eigenvalue weighted by Gasteiger charge is 2.20. The molecule has 0 saturated carbocycles. The number of aryl methyl sites for hydroxylation is 1. The number of nitrogen functional groups attached to an aromatic ring is 1. The average Bonchev–Trinajstić information content (AvgIpc) is 3.01. The van der Waals surface area contributed by atoms with Gasteiger partial charge in [-0.3, -0.25) is 0 Å². The molecule has 1 heterocycles. The molecule has 1 aromatic heterocycles. The number of hydrogen-bond donors (Lipinski definition) is 2. The molecule has 0 aliphatic heterocycles. The minimum Gasteiger partial charge on any atom is -0.493 e. The summed E-state index contributed by atoms with van der Waals surface area (Å²) in [5.41, 5.74) is 5.75. The second-order valence-electron chi connectivity index (χ2n) is 4.89. The molecule has 110 valence electrons. The number of hydrazine groups is 1. The largest absolute Gasteiger partial charge is 0.493 e. The molecule has 0 radical (unpaired) electrons. The quantitative estimate of drug-likeness (QED) is 0.660. The van der Waals surface area contributed by atoms with Crippen LogP contribution >= 0.6 is 0 Å². The molecule has 1 aliphatic carbocycles. The highest BCUT2D eigenvalue weighted by Crippen LogP contribution is 2.33. The van der Waals surface area contributed by atoms with Crippen molar-refractivity contribution in [3.8, 4) is 22.9 Å². The Bertz CT molecular complexity index is 673. The number of hydrogen-bond acceptors (Lipinski definition) is 6. The second kappa shape index (κ2) is 5.57. The summed E-state index contributed by atoms with van der Waals surface area (Å²) in [7, 11) is 3.22. The zero-order valence-corrected chi connectivity index (χ0v) is 12.1. The van der Waals surface area contributed by atoms with E-state index in [1.807, 2.05) is 18.2 Å². The summed E-state index contributed by atoms with van der Waals surface area (Å²) in [6, 6.07) is 5.63. The first-order chi connectivity index (χ1) is 10.3. The molecular weight excluding hydrogens is 268 g/mol. The van der Waals surface area contributed by atoms with Crippen molar-refractivity contribution in [1.82, 2.24) is 9.97 Å². The maximum absolute atomic E-state index is 5.59. The van der Waals surface area contributed by atoms with E-state index in [9.17, 15) is 0 Å². The van der Waals surface area contributed by atoms with Gasteiger partial charge < -0.3 is 14.9 Å². The number of benzene rings is 1. The van der Waals surface area contributed by atoms with Crippen molar-refractivity contribution in [1.29, 1.82) is 0 Å². The fourth-order valence-corrected chi connectivity index (χ4v) is 2.66. The Morgan fingerprint density at radius 2 is 1.90 bits per heavy atom. The van der Waals surface area contributed by atoms with Crippen LogP contribution in [0.1, 0.15) is 17.7 Å². The van der Waals surface area contributed by atoms with Crippen molar-refractivity contribution in [3.05, 3.63) is 29.5 Å². The summed E-state index contributed by atoms with van der Waals surface area (Å²) in [5.74, 6) is 8.27. The highest BCUT2D eigenvalue weighted by atomic mass is 16.5. The average molecular weight is 286 g/mol. The molecule has 3 rings (SSSR count). The number of fused-ring (bicyclic) bond motifs is 1. The molecule has 3 N–H and O–H groups in total. The number of aromatic nitrogens is 2. The van der Waals surface area contributed by atoms with Crippen LogP contribution in [0, 0.1) is 0 Å². The Morgan fingerprint density at radius 3 is 2.62 bits per heavy atom. The first kappa shape index (κ1) is 13.6. The van der Waals surface area contributed by atoms with E-state index >= 15 is 0 Å². The number of nitrogens with zero attached hydrogens (tertiary/aromatic N) is 2. The van der Waals surface area contributed by atoms with Gasteiger partial charge in [0.1, 0.15) is 5.82 Å². The summed E-state index contributed by atoms with van der Waals surface area (Å²) in [5, 5.41) is 0. The summed E-state index contributed by atoms with van der Waals surface area (Å²) < 4.78 is 10.6. The van der Waals surface area contributed by atoms with E-state index in [4.69, 9.17) is 15.3 Å². The third-order valence-electron chi connectivity index (χ3n) is 3.71. The van der Waals surface area contributed by atoms with Crippen molar-refractivity contribution in [3.63, 3.8) is 0 Å². The number of anilines is 1. The predicted molar refractivity (Wildman–Crippen MR) is 80.4 cm³/mol. The van der Waals surface area contributed by atoms with Crippen LogP contribution in [0.4, 0.5) is 5.82 Å². The molecule has 1 aliphatic rings. The van der Waals surface area contributed by atoms with Gasteiger partial charge in [0.05, 0.1) is 14.2 Å². The SMILES string of the molecule is COc1ccc(-c2nc3c(c(NN)n2)CCC3)cc1OC. The molecule has 0 bridgehead atoms.